The molecule has 1 aliphatic rings. The second-order valence-corrected chi connectivity index (χ2v) is 6.41. The molecule has 1 aliphatic heterocycles. The second kappa shape index (κ2) is 6.62. The van der Waals surface area contributed by atoms with Crippen LogP contribution in [-0.2, 0) is 4.79 Å². The van der Waals surface area contributed by atoms with Crippen molar-refractivity contribution >= 4 is 23.2 Å². The van der Waals surface area contributed by atoms with E-state index in [1.807, 2.05) is 18.2 Å². The van der Waals surface area contributed by atoms with Gasteiger partial charge in [-0.15, -0.1) is 0 Å². The molecule has 0 N–H and O–H groups in total. The first-order valence-electron chi connectivity index (χ1n) is 8.05. The van der Waals surface area contributed by atoms with E-state index in [0.29, 0.717) is 46.5 Å². The van der Waals surface area contributed by atoms with Gasteiger partial charge in [-0.3, -0.25) is 4.79 Å². The summed E-state index contributed by atoms with van der Waals surface area (Å²) in [5.74, 6) is 0.613. The molecular formula is C19H13ClN4O2. The molecule has 1 atom stereocenters. The van der Waals surface area contributed by atoms with Gasteiger partial charge in [0, 0.05) is 24.4 Å². The van der Waals surface area contributed by atoms with Crippen molar-refractivity contribution in [2.24, 2.45) is 0 Å². The molecule has 0 bridgehead atoms. The average Bonchev–Trinajstić information content (AvgIpc) is 3.29. The minimum Gasteiger partial charge on any atom is -0.334 e. The lowest BCUT2D eigenvalue weighted by atomic mass is 10.1. The summed E-state index contributed by atoms with van der Waals surface area (Å²) >= 11 is 6.21. The molecule has 3 aromatic rings. The normalized spacial score (nSPS) is 16.7. The first-order chi connectivity index (χ1) is 12.7. The number of carbonyl (C=O) groups is 1. The number of halogens is 1. The number of rotatable bonds is 3. The van der Waals surface area contributed by atoms with E-state index in [1.54, 1.807) is 35.2 Å². The summed E-state index contributed by atoms with van der Waals surface area (Å²) in [4.78, 5) is 18.5. The summed E-state index contributed by atoms with van der Waals surface area (Å²) in [6.45, 7) is 0.444. The highest BCUT2D eigenvalue weighted by Crippen LogP contribution is 2.34. The Morgan fingerprint density at radius 3 is 2.88 bits per heavy atom. The summed E-state index contributed by atoms with van der Waals surface area (Å²) in [5.41, 5.74) is 1.88. The largest absolute Gasteiger partial charge is 0.334 e. The first kappa shape index (κ1) is 16.3. The topological polar surface area (TPSA) is 83.0 Å². The third-order valence-corrected chi connectivity index (χ3v) is 4.63. The maximum Gasteiger partial charge on any atom is 0.257 e. The van der Waals surface area contributed by atoms with E-state index in [0.717, 1.165) is 0 Å². The van der Waals surface area contributed by atoms with Crippen LogP contribution in [0.4, 0.5) is 5.69 Å². The van der Waals surface area contributed by atoms with E-state index in [2.05, 4.69) is 16.2 Å². The molecule has 0 spiro atoms. The number of nitriles is 1. The number of nitrogens with zero attached hydrogens (tertiary/aromatic N) is 4. The van der Waals surface area contributed by atoms with Gasteiger partial charge in [0.15, 0.2) is 5.82 Å². The lowest BCUT2D eigenvalue weighted by Crippen LogP contribution is -2.24. The van der Waals surface area contributed by atoms with Crippen molar-refractivity contribution in [3.05, 3.63) is 64.9 Å². The molecule has 2 heterocycles. The van der Waals surface area contributed by atoms with Crippen LogP contribution in [0.25, 0.3) is 11.5 Å². The van der Waals surface area contributed by atoms with Gasteiger partial charge < -0.3 is 9.42 Å². The highest BCUT2D eigenvalue weighted by Gasteiger charge is 2.35. The zero-order chi connectivity index (χ0) is 18.1. The Morgan fingerprint density at radius 1 is 1.23 bits per heavy atom. The Morgan fingerprint density at radius 2 is 2.08 bits per heavy atom. The molecule has 0 radical (unpaired) electrons. The molecular weight excluding hydrogens is 352 g/mol. The molecule has 1 amide bonds. The molecule has 1 fully saturated rings. The van der Waals surface area contributed by atoms with E-state index in [1.165, 1.54) is 0 Å². The molecule has 0 saturated carbocycles. The number of anilines is 1. The number of amides is 1. The molecule has 2 aromatic carbocycles. The monoisotopic (exact) mass is 364 g/mol. The van der Waals surface area contributed by atoms with Crippen LogP contribution in [0.15, 0.2) is 53.1 Å². The lowest BCUT2D eigenvalue weighted by Gasteiger charge is -2.17. The van der Waals surface area contributed by atoms with Gasteiger partial charge in [-0.2, -0.15) is 10.2 Å². The van der Waals surface area contributed by atoms with Crippen LogP contribution < -0.4 is 4.90 Å². The molecule has 6 nitrogen and oxygen atoms in total. The number of para-hydroxylation sites is 1. The van der Waals surface area contributed by atoms with Crippen LogP contribution in [0.1, 0.15) is 23.7 Å². The first-order valence-corrected chi connectivity index (χ1v) is 8.42. The summed E-state index contributed by atoms with van der Waals surface area (Å²) < 4.78 is 5.34. The summed E-state index contributed by atoms with van der Waals surface area (Å²) in [7, 11) is 0. The van der Waals surface area contributed by atoms with Crippen LogP contribution in [0.3, 0.4) is 0 Å². The highest BCUT2D eigenvalue weighted by atomic mass is 35.5. The minimum absolute atomic E-state index is 0.0269. The quantitative estimate of drug-likeness (QED) is 0.706. The van der Waals surface area contributed by atoms with Crippen LogP contribution in [0.2, 0.25) is 5.02 Å². The molecule has 7 heteroatoms. The van der Waals surface area contributed by atoms with Gasteiger partial charge in [0.05, 0.1) is 22.3 Å². The van der Waals surface area contributed by atoms with Crippen LogP contribution in [0, 0.1) is 11.3 Å². The van der Waals surface area contributed by atoms with Gasteiger partial charge in [-0.05, 0) is 30.3 Å². The fourth-order valence-corrected chi connectivity index (χ4v) is 3.26. The zero-order valence-corrected chi connectivity index (χ0v) is 14.3. The summed E-state index contributed by atoms with van der Waals surface area (Å²) in [5, 5.41) is 13.6. The number of benzene rings is 2. The second-order valence-electron chi connectivity index (χ2n) is 6.01. The van der Waals surface area contributed by atoms with Crippen molar-refractivity contribution in [3.63, 3.8) is 0 Å². The van der Waals surface area contributed by atoms with Gasteiger partial charge in [0.2, 0.25) is 5.91 Å². The summed E-state index contributed by atoms with van der Waals surface area (Å²) in [6.07, 6.45) is 0.294. The standard InChI is InChI=1S/C19H13ClN4O2/c20-15-6-1-2-7-16(15)24-11-14(9-17(24)25)18-22-19(26-23-18)13-5-3-4-12(8-13)10-21/h1-8,14H,9,11H2. The van der Waals surface area contributed by atoms with E-state index >= 15 is 0 Å². The Kier molecular flexibility index (Phi) is 4.15. The van der Waals surface area contributed by atoms with Crippen molar-refractivity contribution in [2.75, 3.05) is 11.4 Å². The third-order valence-electron chi connectivity index (χ3n) is 4.31. The Balaban J connectivity index is 1.58. The van der Waals surface area contributed by atoms with Crippen molar-refractivity contribution in [1.82, 2.24) is 10.1 Å². The van der Waals surface area contributed by atoms with Crippen LogP contribution >= 0.6 is 11.6 Å². The van der Waals surface area contributed by atoms with Gasteiger partial charge in [0.25, 0.3) is 5.89 Å². The molecule has 1 unspecified atom stereocenters. The van der Waals surface area contributed by atoms with Crippen LogP contribution in [0.5, 0.6) is 0 Å². The van der Waals surface area contributed by atoms with E-state index in [-0.39, 0.29) is 11.8 Å². The maximum absolute atomic E-state index is 12.4. The van der Waals surface area contributed by atoms with Crippen molar-refractivity contribution < 1.29 is 9.32 Å². The Hall–Kier alpha value is -3.17. The molecule has 0 aliphatic carbocycles. The average molecular weight is 365 g/mol. The van der Waals surface area contributed by atoms with E-state index in [9.17, 15) is 4.79 Å². The fourth-order valence-electron chi connectivity index (χ4n) is 3.02. The smallest absolute Gasteiger partial charge is 0.257 e. The highest BCUT2D eigenvalue weighted by molar-refractivity contribution is 6.33. The third kappa shape index (κ3) is 2.93. The molecule has 1 saturated heterocycles. The zero-order valence-electron chi connectivity index (χ0n) is 13.6. The SMILES string of the molecule is N#Cc1cccc(-c2nc(C3CC(=O)N(c4ccccc4Cl)C3)no2)c1. The molecule has 1 aromatic heterocycles. The molecule has 26 heavy (non-hydrogen) atoms. The summed E-state index contributed by atoms with van der Waals surface area (Å²) in [6, 6.07) is 16.3. The van der Waals surface area contributed by atoms with Gasteiger partial charge in [-0.1, -0.05) is 35.0 Å². The number of aromatic nitrogens is 2. The van der Waals surface area contributed by atoms with Gasteiger partial charge in [0.1, 0.15) is 0 Å². The van der Waals surface area contributed by atoms with E-state index in [4.69, 9.17) is 21.4 Å². The number of carbonyl (C=O) groups excluding carboxylic acids is 1. The Labute approximate surface area is 154 Å². The van der Waals surface area contributed by atoms with Crippen LogP contribution in [-0.4, -0.2) is 22.6 Å². The predicted octanol–water partition coefficient (Wildman–Crippen LogP) is 3.78. The lowest BCUT2D eigenvalue weighted by molar-refractivity contribution is -0.117. The van der Waals surface area contributed by atoms with Crippen molar-refractivity contribution in [1.29, 1.82) is 5.26 Å². The van der Waals surface area contributed by atoms with Crippen molar-refractivity contribution in [2.45, 2.75) is 12.3 Å². The minimum atomic E-state index is -0.171. The molecule has 128 valence electrons. The number of hydrogen-bond acceptors (Lipinski definition) is 5. The van der Waals surface area contributed by atoms with E-state index < -0.39 is 0 Å². The van der Waals surface area contributed by atoms with Crippen molar-refractivity contribution in [3.8, 4) is 17.5 Å². The van der Waals surface area contributed by atoms with Gasteiger partial charge >= 0.3 is 0 Å². The maximum atomic E-state index is 12.4. The fraction of sp³-hybridized carbons (Fsp3) is 0.158. The number of hydrogen-bond donors (Lipinski definition) is 0. The van der Waals surface area contributed by atoms with Gasteiger partial charge in [-0.25, -0.2) is 0 Å². The molecule has 4 rings (SSSR count). The Bertz CT molecular complexity index is 1020. The predicted molar refractivity (Wildman–Crippen MR) is 95.6 cm³/mol.